The molecule has 0 aliphatic carbocycles. The van der Waals surface area contributed by atoms with Gasteiger partial charge in [0, 0.05) is 29.7 Å². The van der Waals surface area contributed by atoms with Gasteiger partial charge in [0.2, 0.25) is 0 Å². The molecule has 0 amide bonds. The largest absolute Gasteiger partial charge is 0.490 e. The third kappa shape index (κ3) is 6.08. The van der Waals surface area contributed by atoms with Gasteiger partial charge in [0.15, 0.2) is 11.5 Å². The van der Waals surface area contributed by atoms with Crippen molar-refractivity contribution in [2.45, 2.75) is 26.6 Å². The first-order valence-corrected chi connectivity index (χ1v) is 10.2. The number of halogens is 4. The van der Waals surface area contributed by atoms with Gasteiger partial charge in [0.1, 0.15) is 18.2 Å². The van der Waals surface area contributed by atoms with E-state index in [0.29, 0.717) is 46.8 Å². The van der Waals surface area contributed by atoms with E-state index in [1.807, 2.05) is 13.0 Å². The van der Waals surface area contributed by atoms with Crippen molar-refractivity contribution in [3.8, 4) is 11.5 Å². The van der Waals surface area contributed by atoms with Crippen molar-refractivity contribution in [1.82, 2.24) is 5.32 Å². The molecule has 0 radical (unpaired) electrons. The maximum absolute atomic E-state index is 13.2. The SMILES string of the molecule is CCOc1cc(CNCc2ccc(F)cc2)c(Cl)cc1OCc1ccc(F)cc1Cl. The summed E-state index contributed by atoms with van der Waals surface area (Å²) >= 11 is 12.5. The molecule has 30 heavy (non-hydrogen) atoms. The van der Waals surface area contributed by atoms with Gasteiger partial charge < -0.3 is 14.8 Å². The van der Waals surface area contributed by atoms with Crippen LogP contribution in [-0.2, 0) is 19.7 Å². The normalized spacial score (nSPS) is 10.8. The van der Waals surface area contributed by atoms with Crippen LogP contribution in [0.5, 0.6) is 11.5 Å². The Morgan fingerprint density at radius 2 is 1.43 bits per heavy atom. The molecule has 1 N–H and O–H groups in total. The molecule has 3 aromatic rings. The molecule has 7 heteroatoms. The van der Waals surface area contributed by atoms with E-state index in [-0.39, 0.29) is 12.4 Å². The third-order valence-electron chi connectivity index (χ3n) is 4.37. The van der Waals surface area contributed by atoms with E-state index in [1.165, 1.54) is 24.3 Å². The molecule has 0 saturated carbocycles. The van der Waals surface area contributed by atoms with Gasteiger partial charge in [-0.15, -0.1) is 0 Å². The molecule has 3 rings (SSSR count). The first-order chi connectivity index (χ1) is 14.5. The Hall–Kier alpha value is -2.34. The highest BCUT2D eigenvalue weighted by atomic mass is 35.5. The summed E-state index contributed by atoms with van der Waals surface area (Å²) in [5, 5.41) is 4.09. The monoisotopic (exact) mass is 451 g/mol. The summed E-state index contributed by atoms with van der Waals surface area (Å²) in [6, 6.07) is 14.0. The second-order valence-corrected chi connectivity index (χ2v) is 7.39. The van der Waals surface area contributed by atoms with E-state index in [2.05, 4.69) is 5.32 Å². The van der Waals surface area contributed by atoms with Gasteiger partial charge in [-0.05, 0) is 48.4 Å². The Morgan fingerprint density at radius 1 is 0.767 bits per heavy atom. The van der Waals surface area contributed by atoms with E-state index in [0.717, 1.165) is 11.1 Å². The summed E-state index contributed by atoms with van der Waals surface area (Å²) in [5.74, 6) is 0.364. The number of nitrogens with one attached hydrogen (secondary N) is 1. The molecule has 0 atom stereocenters. The Bertz CT molecular complexity index is 997. The summed E-state index contributed by atoms with van der Waals surface area (Å²) in [6.45, 7) is 3.55. The topological polar surface area (TPSA) is 30.5 Å². The molecular weight excluding hydrogens is 431 g/mol. The molecule has 158 valence electrons. The van der Waals surface area contributed by atoms with Gasteiger partial charge >= 0.3 is 0 Å². The van der Waals surface area contributed by atoms with Crippen LogP contribution in [0.2, 0.25) is 10.0 Å². The molecular formula is C23H21Cl2F2NO2. The first-order valence-electron chi connectivity index (χ1n) is 9.43. The number of rotatable bonds is 9. The minimum Gasteiger partial charge on any atom is -0.490 e. The van der Waals surface area contributed by atoms with Gasteiger partial charge in [-0.2, -0.15) is 0 Å². The van der Waals surface area contributed by atoms with Crippen molar-refractivity contribution in [2.75, 3.05) is 6.61 Å². The van der Waals surface area contributed by atoms with E-state index in [4.69, 9.17) is 32.7 Å². The second-order valence-electron chi connectivity index (χ2n) is 6.58. The zero-order valence-electron chi connectivity index (χ0n) is 16.4. The lowest BCUT2D eigenvalue weighted by Gasteiger charge is -2.16. The Balaban J connectivity index is 1.68. The maximum atomic E-state index is 13.2. The lowest BCUT2D eigenvalue weighted by Crippen LogP contribution is -2.13. The van der Waals surface area contributed by atoms with Crippen LogP contribution >= 0.6 is 23.2 Å². The third-order valence-corrected chi connectivity index (χ3v) is 5.07. The summed E-state index contributed by atoms with van der Waals surface area (Å²) < 4.78 is 37.8. The van der Waals surface area contributed by atoms with Crippen molar-refractivity contribution in [3.63, 3.8) is 0 Å². The van der Waals surface area contributed by atoms with E-state index >= 15 is 0 Å². The highest BCUT2D eigenvalue weighted by Crippen LogP contribution is 2.34. The minimum absolute atomic E-state index is 0.150. The van der Waals surface area contributed by atoms with Gasteiger partial charge in [0.05, 0.1) is 11.6 Å². The zero-order chi connectivity index (χ0) is 21.5. The highest BCUT2D eigenvalue weighted by molar-refractivity contribution is 6.31. The van der Waals surface area contributed by atoms with Gasteiger partial charge in [-0.1, -0.05) is 41.4 Å². The molecule has 0 fully saturated rings. The van der Waals surface area contributed by atoms with Gasteiger partial charge in [0.25, 0.3) is 0 Å². The number of ether oxygens (including phenoxy) is 2. The molecule has 0 aliphatic heterocycles. The predicted octanol–water partition coefficient (Wildman–Crippen LogP) is 6.54. The van der Waals surface area contributed by atoms with Crippen LogP contribution < -0.4 is 14.8 Å². The molecule has 0 aliphatic rings. The fourth-order valence-corrected chi connectivity index (χ4v) is 3.27. The number of hydrogen-bond acceptors (Lipinski definition) is 3. The fourth-order valence-electron chi connectivity index (χ4n) is 2.83. The molecule has 3 nitrogen and oxygen atoms in total. The van der Waals surface area contributed by atoms with Crippen LogP contribution in [0.3, 0.4) is 0 Å². The van der Waals surface area contributed by atoms with E-state index < -0.39 is 5.82 Å². The van der Waals surface area contributed by atoms with Crippen LogP contribution in [-0.4, -0.2) is 6.61 Å². The zero-order valence-corrected chi connectivity index (χ0v) is 17.9. The smallest absolute Gasteiger partial charge is 0.163 e. The summed E-state index contributed by atoms with van der Waals surface area (Å²) in [7, 11) is 0. The first kappa shape index (κ1) is 22.3. The van der Waals surface area contributed by atoms with Crippen molar-refractivity contribution in [3.05, 3.63) is 93.0 Å². The average Bonchev–Trinajstić information content (AvgIpc) is 2.71. The standard InChI is InChI=1S/C23H21Cl2F2NO2/c1-2-29-22-9-17(13-28-12-15-3-6-18(26)7-4-15)21(25)11-23(22)30-14-16-5-8-19(27)10-20(16)24/h3-11,28H,2,12-14H2,1H3. The molecule has 0 spiro atoms. The Morgan fingerprint density at radius 3 is 2.13 bits per heavy atom. The Labute approximate surface area is 184 Å². The van der Waals surface area contributed by atoms with Crippen LogP contribution in [0, 0.1) is 11.6 Å². The van der Waals surface area contributed by atoms with Crippen LogP contribution in [0.4, 0.5) is 8.78 Å². The molecule has 0 unspecified atom stereocenters. The van der Waals surface area contributed by atoms with Crippen molar-refractivity contribution >= 4 is 23.2 Å². The molecule has 0 heterocycles. The predicted molar refractivity (Wildman–Crippen MR) is 115 cm³/mol. The Kier molecular flexibility index (Phi) is 7.91. The molecule has 0 bridgehead atoms. The van der Waals surface area contributed by atoms with E-state index in [1.54, 1.807) is 24.3 Å². The van der Waals surface area contributed by atoms with Crippen LogP contribution in [0.25, 0.3) is 0 Å². The van der Waals surface area contributed by atoms with Crippen LogP contribution in [0.1, 0.15) is 23.6 Å². The lowest BCUT2D eigenvalue weighted by molar-refractivity contribution is 0.269. The molecule has 0 saturated heterocycles. The maximum Gasteiger partial charge on any atom is 0.163 e. The molecule has 0 aromatic heterocycles. The summed E-state index contributed by atoms with van der Waals surface area (Å²) in [6.07, 6.45) is 0. The van der Waals surface area contributed by atoms with Crippen molar-refractivity contribution in [1.29, 1.82) is 0 Å². The number of hydrogen-bond donors (Lipinski definition) is 1. The summed E-state index contributed by atoms with van der Waals surface area (Å²) in [4.78, 5) is 0. The fraction of sp³-hybridized carbons (Fsp3) is 0.217. The van der Waals surface area contributed by atoms with Crippen molar-refractivity contribution in [2.24, 2.45) is 0 Å². The molecule has 3 aromatic carbocycles. The number of benzene rings is 3. The summed E-state index contributed by atoms with van der Waals surface area (Å²) in [5.41, 5.74) is 2.46. The second kappa shape index (κ2) is 10.6. The van der Waals surface area contributed by atoms with Crippen LogP contribution in [0.15, 0.2) is 54.6 Å². The average molecular weight is 452 g/mol. The quantitative estimate of drug-likeness (QED) is 0.400. The van der Waals surface area contributed by atoms with Crippen molar-refractivity contribution < 1.29 is 18.3 Å². The van der Waals surface area contributed by atoms with Gasteiger partial charge in [-0.3, -0.25) is 0 Å². The van der Waals surface area contributed by atoms with Gasteiger partial charge in [-0.25, -0.2) is 8.78 Å². The lowest BCUT2D eigenvalue weighted by atomic mass is 10.1. The highest BCUT2D eigenvalue weighted by Gasteiger charge is 2.12. The minimum atomic E-state index is -0.403. The van der Waals surface area contributed by atoms with E-state index in [9.17, 15) is 8.78 Å².